The van der Waals surface area contributed by atoms with Crippen molar-refractivity contribution < 1.29 is 0 Å². The van der Waals surface area contributed by atoms with Crippen LogP contribution in [0.1, 0.15) is 44.0 Å². The number of rotatable bonds is 5. The van der Waals surface area contributed by atoms with Crippen LogP contribution in [0.15, 0.2) is 29.7 Å². The summed E-state index contributed by atoms with van der Waals surface area (Å²) in [6, 6.07) is 5.61. The summed E-state index contributed by atoms with van der Waals surface area (Å²) < 4.78 is 0. The SMILES string of the molecule is CCC(NC(C)C1CC2C=CC1C2)c1cccs1. The largest absolute Gasteiger partial charge is 0.306 e. The molecule has 2 aliphatic carbocycles. The number of nitrogens with one attached hydrogen (secondary N) is 1. The van der Waals surface area contributed by atoms with Crippen LogP contribution in [0.2, 0.25) is 0 Å². The molecule has 1 aromatic heterocycles. The molecule has 2 bridgehead atoms. The molecule has 1 nitrogen and oxygen atoms in total. The molecule has 1 saturated carbocycles. The third-order valence-corrected chi connectivity index (χ3v) is 5.72. The van der Waals surface area contributed by atoms with Gasteiger partial charge in [-0.15, -0.1) is 11.3 Å². The molecule has 1 heterocycles. The van der Waals surface area contributed by atoms with E-state index in [4.69, 9.17) is 0 Å². The van der Waals surface area contributed by atoms with Crippen LogP contribution in [-0.4, -0.2) is 6.04 Å². The van der Waals surface area contributed by atoms with Gasteiger partial charge in [-0.1, -0.05) is 25.1 Å². The minimum Gasteiger partial charge on any atom is -0.306 e. The first-order chi connectivity index (χ1) is 8.78. The van der Waals surface area contributed by atoms with Gasteiger partial charge >= 0.3 is 0 Å². The van der Waals surface area contributed by atoms with Crippen LogP contribution in [-0.2, 0) is 0 Å². The molecule has 0 radical (unpaired) electrons. The molecule has 0 spiro atoms. The first-order valence-electron chi connectivity index (χ1n) is 7.25. The highest BCUT2D eigenvalue weighted by Gasteiger charge is 2.38. The summed E-state index contributed by atoms with van der Waals surface area (Å²) in [7, 11) is 0. The van der Waals surface area contributed by atoms with Crippen molar-refractivity contribution in [3.63, 3.8) is 0 Å². The second-order valence-electron chi connectivity index (χ2n) is 5.88. The Morgan fingerprint density at radius 3 is 2.83 bits per heavy atom. The second kappa shape index (κ2) is 5.18. The molecule has 5 atom stereocenters. The van der Waals surface area contributed by atoms with Crippen LogP contribution in [0, 0.1) is 17.8 Å². The Balaban J connectivity index is 1.63. The smallest absolute Gasteiger partial charge is 0.0414 e. The Morgan fingerprint density at radius 1 is 1.39 bits per heavy atom. The lowest BCUT2D eigenvalue weighted by atomic mass is 9.87. The third-order valence-electron chi connectivity index (χ3n) is 4.73. The molecule has 1 N–H and O–H groups in total. The minimum atomic E-state index is 0.545. The number of fused-ring (bicyclic) bond motifs is 2. The van der Waals surface area contributed by atoms with Gasteiger partial charge in [-0.2, -0.15) is 0 Å². The van der Waals surface area contributed by atoms with Gasteiger partial charge < -0.3 is 5.32 Å². The molecular formula is C16H23NS. The fourth-order valence-electron chi connectivity index (χ4n) is 3.73. The molecule has 0 aliphatic heterocycles. The lowest BCUT2D eigenvalue weighted by Gasteiger charge is -2.30. The van der Waals surface area contributed by atoms with Crippen molar-refractivity contribution in [2.75, 3.05) is 0 Å². The lowest BCUT2D eigenvalue weighted by molar-refractivity contribution is 0.299. The maximum atomic E-state index is 3.87. The van der Waals surface area contributed by atoms with Crippen molar-refractivity contribution in [2.24, 2.45) is 17.8 Å². The summed E-state index contributed by atoms with van der Waals surface area (Å²) in [4.78, 5) is 1.49. The Labute approximate surface area is 114 Å². The van der Waals surface area contributed by atoms with Gasteiger partial charge in [-0.3, -0.25) is 0 Å². The van der Waals surface area contributed by atoms with Crippen molar-refractivity contribution >= 4 is 11.3 Å². The average molecular weight is 261 g/mol. The van der Waals surface area contributed by atoms with Crippen molar-refractivity contribution in [3.8, 4) is 0 Å². The molecule has 2 heteroatoms. The fraction of sp³-hybridized carbons (Fsp3) is 0.625. The molecule has 5 unspecified atom stereocenters. The van der Waals surface area contributed by atoms with Crippen LogP contribution in [0.4, 0.5) is 0 Å². The van der Waals surface area contributed by atoms with Crippen LogP contribution in [0.3, 0.4) is 0 Å². The molecule has 0 aromatic carbocycles. The van der Waals surface area contributed by atoms with E-state index in [-0.39, 0.29) is 0 Å². The zero-order valence-corrected chi connectivity index (χ0v) is 12.1. The van der Waals surface area contributed by atoms with E-state index in [1.807, 2.05) is 11.3 Å². The van der Waals surface area contributed by atoms with Gasteiger partial charge in [0.1, 0.15) is 0 Å². The van der Waals surface area contributed by atoms with E-state index >= 15 is 0 Å². The van der Waals surface area contributed by atoms with E-state index in [0.717, 1.165) is 17.8 Å². The van der Waals surface area contributed by atoms with Crippen molar-refractivity contribution in [3.05, 3.63) is 34.5 Å². The predicted molar refractivity (Wildman–Crippen MR) is 78.8 cm³/mol. The van der Waals surface area contributed by atoms with E-state index in [1.54, 1.807) is 0 Å². The van der Waals surface area contributed by atoms with E-state index in [0.29, 0.717) is 12.1 Å². The topological polar surface area (TPSA) is 12.0 Å². The Morgan fingerprint density at radius 2 is 2.28 bits per heavy atom. The maximum absolute atomic E-state index is 3.87. The molecule has 0 amide bonds. The summed E-state index contributed by atoms with van der Waals surface area (Å²) in [6.45, 7) is 4.67. The maximum Gasteiger partial charge on any atom is 0.0414 e. The first-order valence-corrected chi connectivity index (χ1v) is 8.13. The summed E-state index contributed by atoms with van der Waals surface area (Å²) in [5, 5.41) is 6.06. The Kier molecular flexibility index (Phi) is 3.58. The molecule has 98 valence electrons. The Hall–Kier alpha value is -0.600. The van der Waals surface area contributed by atoms with Crippen LogP contribution < -0.4 is 5.32 Å². The molecule has 2 aliphatic rings. The molecular weight excluding hydrogens is 238 g/mol. The number of allylic oxidation sites excluding steroid dienone is 2. The number of hydrogen-bond donors (Lipinski definition) is 1. The predicted octanol–water partition coefficient (Wildman–Crippen LogP) is 4.39. The highest BCUT2D eigenvalue weighted by atomic mass is 32.1. The number of thiophene rings is 1. The summed E-state index contributed by atoms with van der Waals surface area (Å²) >= 11 is 1.88. The standard InChI is InChI=1S/C16H23NS/c1-3-15(16-5-4-8-18-16)17-11(2)14-10-12-6-7-13(14)9-12/h4-8,11-15,17H,3,9-10H2,1-2H3. The minimum absolute atomic E-state index is 0.545. The molecule has 1 aromatic rings. The van der Waals surface area contributed by atoms with Crippen molar-refractivity contribution in [2.45, 2.75) is 45.2 Å². The summed E-state index contributed by atoms with van der Waals surface area (Å²) in [5.41, 5.74) is 0. The zero-order chi connectivity index (χ0) is 12.5. The zero-order valence-electron chi connectivity index (χ0n) is 11.3. The first kappa shape index (κ1) is 12.4. The van der Waals surface area contributed by atoms with Gasteiger partial charge in [0, 0.05) is 17.0 Å². The van der Waals surface area contributed by atoms with Gasteiger partial charge in [0.25, 0.3) is 0 Å². The highest BCUT2D eigenvalue weighted by molar-refractivity contribution is 7.10. The second-order valence-corrected chi connectivity index (χ2v) is 6.85. The van der Waals surface area contributed by atoms with E-state index in [2.05, 4.69) is 48.8 Å². The molecule has 1 fully saturated rings. The van der Waals surface area contributed by atoms with E-state index < -0.39 is 0 Å². The highest BCUT2D eigenvalue weighted by Crippen LogP contribution is 2.45. The average Bonchev–Trinajstić information content (AvgIpc) is 3.10. The summed E-state index contributed by atoms with van der Waals surface area (Å²) in [5.74, 6) is 2.58. The van der Waals surface area contributed by atoms with Crippen molar-refractivity contribution in [1.29, 1.82) is 0 Å². The Bertz CT molecular complexity index is 409. The fourth-order valence-corrected chi connectivity index (χ4v) is 4.60. The molecule has 3 rings (SSSR count). The van der Waals surface area contributed by atoms with Crippen LogP contribution >= 0.6 is 11.3 Å². The number of hydrogen-bond acceptors (Lipinski definition) is 2. The summed E-state index contributed by atoms with van der Waals surface area (Å²) in [6.07, 6.45) is 8.89. The third kappa shape index (κ3) is 2.28. The van der Waals surface area contributed by atoms with Gasteiger partial charge in [-0.25, -0.2) is 0 Å². The van der Waals surface area contributed by atoms with Gasteiger partial charge in [0.2, 0.25) is 0 Å². The van der Waals surface area contributed by atoms with E-state index in [9.17, 15) is 0 Å². The van der Waals surface area contributed by atoms with Gasteiger partial charge in [-0.05, 0) is 55.4 Å². The lowest BCUT2D eigenvalue weighted by Crippen LogP contribution is -2.37. The van der Waals surface area contributed by atoms with Crippen molar-refractivity contribution in [1.82, 2.24) is 5.32 Å². The molecule has 0 saturated heterocycles. The molecule has 18 heavy (non-hydrogen) atoms. The van der Waals surface area contributed by atoms with Crippen LogP contribution in [0.25, 0.3) is 0 Å². The monoisotopic (exact) mass is 261 g/mol. The van der Waals surface area contributed by atoms with Gasteiger partial charge in [0.15, 0.2) is 0 Å². The van der Waals surface area contributed by atoms with E-state index in [1.165, 1.54) is 24.1 Å². The normalized spacial score (nSPS) is 32.9. The quantitative estimate of drug-likeness (QED) is 0.775. The van der Waals surface area contributed by atoms with Gasteiger partial charge in [0.05, 0.1) is 0 Å². The van der Waals surface area contributed by atoms with Crippen LogP contribution in [0.5, 0.6) is 0 Å².